The number of ether oxygens (including phenoxy) is 2. The molecular weight excluding hydrogens is 354 g/mol. The first kappa shape index (κ1) is 22.4. The molecule has 0 bridgehead atoms. The first-order chi connectivity index (χ1) is 12.7. The van der Waals surface area contributed by atoms with Gasteiger partial charge in [-0.1, -0.05) is 6.92 Å². The molecule has 0 aliphatic heterocycles. The maximum Gasteiger partial charge on any atom is 0.311 e. The summed E-state index contributed by atoms with van der Waals surface area (Å²) < 4.78 is 9.70. The molecule has 1 aromatic rings. The predicted molar refractivity (Wildman–Crippen MR) is 99.9 cm³/mol. The lowest BCUT2D eigenvalue weighted by molar-refractivity contribution is -0.385. The zero-order valence-electron chi connectivity index (χ0n) is 16.4. The van der Waals surface area contributed by atoms with Crippen molar-refractivity contribution in [2.24, 2.45) is 5.92 Å². The Labute approximate surface area is 159 Å². The Bertz CT molecular complexity index is 677. The van der Waals surface area contributed by atoms with Crippen molar-refractivity contribution in [2.75, 3.05) is 47.9 Å². The Kier molecular flexibility index (Phi) is 8.67. The van der Waals surface area contributed by atoms with Gasteiger partial charge in [-0.15, -0.1) is 0 Å². The van der Waals surface area contributed by atoms with Gasteiger partial charge in [-0.2, -0.15) is 0 Å². The number of nitrogens with zero attached hydrogens (tertiary/aromatic N) is 3. The minimum absolute atomic E-state index is 0.0821. The second-order valence-corrected chi connectivity index (χ2v) is 6.48. The highest BCUT2D eigenvalue weighted by Crippen LogP contribution is 2.28. The highest BCUT2D eigenvalue weighted by molar-refractivity contribution is 5.95. The monoisotopic (exact) mass is 381 g/mol. The Morgan fingerprint density at radius 3 is 2.41 bits per heavy atom. The number of carbonyl (C=O) groups excluding carboxylic acids is 2. The van der Waals surface area contributed by atoms with Gasteiger partial charge >= 0.3 is 11.7 Å². The molecule has 1 aromatic carbocycles. The third-order valence-corrected chi connectivity index (χ3v) is 4.04. The molecule has 0 saturated heterocycles. The van der Waals surface area contributed by atoms with Gasteiger partial charge in [-0.05, 0) is 39.2 Å². The number of amides is 1. The number of nitro groups is 1. The lowest BCUT2D eigenvalue weighted by Gasteiger charge is -2.26. The van der Waals surface area contributed by atoms with E-state index in [0.29, 0.717) is 13.0 Å². The van der Waals surface area contributed by atoms with E-state index in [4.69, 9.17) is 9.47 Å². The van der Waals surface area contributed by atoms with E-state index in [2.05, 4.69) is 0 Å². The van der Waals surface area contributed by atoms with Crippen molar-refractivity contribution in [3.05, 3.63) is 33.9 Å². The summed E-state index contributed by atoms with van der Waals surface area (Å²) in [6.07, 6.45) is 0.699. The van der Waals surface area contributed by atoms with Crippen LogP contribution in [0.3, 0.4) is 0 Å². The molecule has 0 aromatic heterocycles. The van der Waals surface area contributed by atoms with Crippen LogP contribution in [0, 0.1) is 16.0 Å². The van der Waals surface area contributed by atoms with Crippen molar-refractivity contribution in [3.8, 4) is 5.75 Å². The maximum atomic E-state index is 12.9. The van der Waals surface area contributed by atoms with E-state index in [0.717, 1.165) is 6.54 Å². The first-order valence-electron chi connectivity index (χ1n) is 8.55. The molecule has 0 aliphatic rings. The second kappa shape index (κ2) is 10.5. The van der Waals surface area contributed by atoms with Gasteiger partial charge in [0.25, 0.3) is 5.91 Å². The van der Waals surface area contributed by atoms with Crippen molar-refractivity contribution < 1.29 is 24.0 Å². The summed E-state index contributed by atoms with van der Waals surface area (Å²) in [7, 11) is 6.48. The third kappa shape index (κ3) is 6.52. The molecule has 0 spiro atoms. The van der Waals surface area contributed by atoms with Crippen molar-refractivity contribution in [2.45, 2.75) is 13.3 Å². The van der Waals surface area contributed by atoms with Crippen LogP contribution < -0.4 is 4.74 Å². The molecule has 0 radical (unpaired) electrons. The number of esters is 1. The SMILES string of the molecule is COC(=O)C(C)CN(CCCN(C)C)C(=O)c1ccc(OC)c([N+](=O)[O-])c1. The van der Waals surface area contributed by atoms with Crippen LogP contribution in [0.5, 0.6) is 5.75 Å². The summed E-state index contributed by atoms with van der Waals surface area (Å²) in [5.74, 6) is -1.22. The average Bonchev–Trinajstić information content (AvgIpc) is 2.64. The van der Waals surface area contributed by atoms with Crippen LogP contribution in [0.15, 0.2) is 18.2 Å². The van der Waals surface area contributed by atoms with E-state index in [1.165, 1.54) is 37.3 Å². The molecule has 1 atom stereocenters. The van der Waals surface area contributed by atoms with Crippen molar-refractivity contribution in [1.82, 2.24) is 9.80 Å². The summed E-state index contributed by atoms with van der Waals surface area (Å²) >= 11 is 0. The fourth-order valence-corrected chi connectivity index (χ4v) is 2.61. The molecular formula is C18H27N3O6. The van der Waals surface area contributed by atoms with Crippen LogP contribution in [0.2, 0.25) is 0 Å². The fraction of sp³-hybridized carbons (Fsp3) is 0.556. The summed E-state index contributed by atoms with van der Waals surface area (Å²) in [5, 5.41) is 11.2. The number of benzene rings is 1. The van der Waals surface area contributed by atoms with Crippen molar-refractivity contribution in [1.29, 1.82) is 0 Å². The van der Waals surface area contributed by atoms with Gasteiger partial charge in [0.05, 0.1) is 25.1 Å². The lowest BCUT2D eigenvalue weighted by Crippen LogP contribution is -2.38. The number of methoxy groups -OCH3 is 2. The molecule has 27 heavy (non-hydrogen) atoms. The highest BCUT2D eigenvalue weighted by Gasteiger charge is 2.25. The van der Waals surface area contributed by atoms with Gasteiger partial charge in [-0.25, -0.2) is 0 Å². The zero-order chi connectivity index (χ0) is 20.6. The Morgan fingerprint density at radius 1 is 1.22 bits per heavy atom. The van der Waals surface area contributed by atoms with Crippen molar-refractivity contribution in [3.63, 3.8) is 0 Å². The quantitative estimate of drug-likeness (QED) is 0.346. The molecule has 0 N–H and O–H groups in total. The molecule has 0 fully saturated rings. The van der Waals surface area contributed by atoms with E-state index in [-0.39, 0.29) is 29.5 Å². The molecule has 1 amide bonds. The van der Waals surface area contributed by atoms with Crippen LogP contribution >= 0.6 is 0 Å². The van der Waals surface area contributed by atoms with Gasteiger partial charge in [0.1, 0.15) is 0 Å². The van der Waals surface area contributed by atoms with Crippen LogP contribution in [0.25, 0.3) is 0 Å². The number of nitro benzene ring substituents is 1. The smallest absolute Gasteiger partial charge is 0.311 e. The Hall–Kier alpha value is -2.68. The molecule has 150 valence electrons. The topological polar surface area (TPSA) is 102 Å². The number of carbonyl (C=O) groups is 2. The van der Waals surface area contributed by atoms with E-state index >= 15 is 0 Å². The van der Waals surface area contributed by atoms with Crippen LogP contribution in [0.4, 0.5) is 5.69 Å². The van der Waals surface area contributed by atoms with Crippen LogP contribution in [0.1, 0.15) is 23.7 Å². The Morgan fingerprint density at radius 2 is 1.89 bits per heavy atom. The second-order valence-electron chi connectivity index (χ2n) is 6.48. The van der Waals surface area contributed by atoms with E-state index < -0.39 is 16.8 Å². The van der Waals surface area contributed by atoms with Gasteiger partial charge in [-0.3, -0.25) is 19.7 Å². The number of rotatable bonds is 10. The summed E-state index contributed by atoms with van der Waals surface area (Å²) in [6, 6.07) is 4.08. The molecule has 1 unspecified atom stereocenters. The normalized spacial score (nSPS) is 11.8. The lowest BCUT2D eigenvalue weighted by atomic mass is 10.1. The van der Waals surface area contributed by atoms with Gasteiger partial charge in [0.2, 0.25) is 0 Å². The standard InChI is InChI=1S/C18H27N3O6/c1-13(18(23)27-5)12-20(10-6-9-19(2)3)17(22)14-7-8-16(26-4)15(11-14)21(24)25/h7-8,11,13H,6,9-10,12H2,1-5H3. The first-order valence-corrected chi connectivity index (χ1v) is 8.55. The molecule has 0 heterocycles. The third-order valence-electron chi connectivity index (χ3n) is 4.04. The van der Waals surface area contributed by atoms with Crippen molar-refractivity contribution >= 4 is 17.6 Å². The molecule has 9 heteroatoms. The van der Waals surface area contributed by atoms with E-state index in [9.17, 15) is 19.7 Å². The summed E-state index contributed by atoms with van der Waals surface area (Å²) in [4.78, 5) is 38.8. The highest BCUT2D eigenvalue weighted by atomic mass is 16.6. The molecule has 1 rings (SSSR count). The largest absolute Gasteiger partial charge is 0.490 e. The summed E-state index contributed by atoms with van der Waals surface area (Å²) in [5.41, 5.74) is -0.109. The maximum absolute atomic E-state index is 12.9. The number of hydrogen-bond acceptors (Lipinski definition) is 7. The van der Waals surface area contributed by atoms with Crippen LogP contribution in [-0.2, 0) is 9.53 Å². The fourth-order valence-electron chi connectivity index (χ4n) is 2.61. The number of hydrogen-bond donors (Lipinski definition) is 0. The zero-order valence-corrected chi connectivity index (χ0v) is 16.4. The van der Waals surface area contributed by atoms with E-state index in [1.807, 2.05) is 19.0 Å². The van der Waals surface area contributed by atoms with Crippen LogP contribution in [-0.4, -0.2) is 74.5 Å². The molecule has 9 nitrogen and oxygen atoms in total. The van der Waals surface area contributed by atoms with Gasteiger partial charge in [0, 0.05) is 24.7 Å². The molecule has 0 aliphatic carbocycles. The minimum Gasteiger partial charge on any atom is -0.490 e. The van der Waals surface area contributed by atoms with Gasteiger partial charge < -0.3 is 19.3 Å². The molecule has 0 saturated carbocycles. The van der Waals surface area contributed by atoms with E-state index in [1.54, 1.807) is 6.92 Å². The summed E-state index contributed by atoms with van der Waals surface area (Å²) in [6.45, 7) is 3.02. The Balaban J connectivity index is 3.08. The average molecular weight is 381 g/mol. The predicted octanol–water partition coefficient (Wildman–Crippen LogP) is 1.81. The van der Waals surface area contributed by atoms with Gasteiger partial charge in [0.15, 0.2) is 5.75 Å². The minimum atomic E-state index is -0.594.